The number of nitrogens with one attached hydrogen (secondary N) is 1. The molecule has 1 saturated heterocycles. The Morgan fingerprint density at radius 3 is 2.59 bits per heavy atom. The highest BCUT2D eigenvalue weighted by molar-refractivity contribution is 5.50. The third-order valence-electron chi connectivity index (χ3n) is 2.81. The standard InChI is InChI=1S/C10H17N5O2/c1-2-8-12-9(14-11)3-10(13-8)15-4-6(16)7(17)5-15/h3,6-7,16-17H,2,4-5,11H2,1H3,(H,12,13,14). The molecule has 1 aliphatic heterocycles. The molecule has 0 aliphatic carbocycles. The van der Waals surface area contributed by atoms with E-state index in [2.05, 4.69) is 15.4 Å². The maximum Gasteiger partial charge on any atom is 0.145 e. The number of aliphatic hydroxyl groups excluding tert-OH is 2. The van der Waals surface area contributed by atoms with Crippen molar-refractivity contribution in [3.8, 4) is 0 Å². The van der Waals surface area contributed by atoms with Gasteiger partial charge in [0, 0.05) is 25.6 Å². The SMILES string of the molecule is CCc1nc(NN)cc(N2CC(O)C(O)C2)n1. The number of nitrogens with zero attached hydrogens (tertiary/aromatic N) is 3. The molecule has 17 heavy (non-hydrogen) atoms. The average molecular weight is 239 g/mol. The highest BCUT2D eigenvalue weighted by Crippen LogP contribution is 2.21. The van der Waals surface area contributed by atoms with Crippen LogP contribution in [0.2, 0.25) is 0 Å². The summed E-state index contributed by atoms with van der Waals surface area (Å²) in [6, 6.07) is 1.70. The third kappa shape index (κ3) is 2.46. The number of nitrogens with two attached hydrogens (primary N) is 1. The van der Waals surface area contributed by atoms with E-state index in [1.165, 1.54) is 0 Å². The number of hydrazine groups is 1. The third-order valence-corrected chi connectivity index (χ3v) is 2.81. The van der Waals surface area contributed by atoms with Gasteiger partial charge in [-0.3, -0.25) is 0 Å². The zero-order valence-electron chi connectivity index (χ0n) is 9.67. The van der Waals surface area contributed by atoms with Crippen LogP contribution < -0.4 is 16.2 Å². The van der Waals surface area contributed by atoms with Gasteiger partial charge in [-0.05, 0) is 0 Å². The van der Waals surface area contributed by atoms with Crippen LogP contribution in [0, 0.1) is 0 Å². The molecule has 0 spiro atoms. The quantitative estimate of drug-likeness (QED) is 0.390. The number of aliphatic hydroxyl groups is 2. The largest absolute Gasteiger partial charge is 0.389 e. The van der Waals surface area contributed by atoms with Crippen LogP contribution in [0.1, 0.15) is 12.7 Å². The maximum absolute atomic E-state index is 9.51. The Kier molecular flexibility index (Phi) is 3.41. The van der Waals surface area contributed by atoms with Gasteiger partial charge < -0.3 is 20.5 Å². The molecular weight excluding hydrogens is 222 g/mol. The average Bonchev–Trinajstić information content (AvgIpc) is 2.69. The van der Waals surface area contributed by atoms with Crippen LogP contribution in [-0.4, -0.2) is 45.5 Å². The lowest BCUT2D eigenvalue weighted by Gasteiger charge is -2.17. The van der Waals surface area contributed by atoms with E-state index in [0.29, 0.717) is 37.0 Å². The molecule has 0 aromatic carbocycles. The zero-order chi connectivity index (χ0) is 12.4. The topological polar surface area (TPSA) is 108 Å². The second kappa shape index (κ2) is 4.82. The molecule has 2 rings (SSSR count). The number of nitrogen functional groups attached to an aromatic ring is 1. The number of β-amino-alcohol motifs (C(OH)–C–C–N with tert-alkyl or cyclic N) is 2. The minimum absolute atomic E-state index is 0.366. The van der Waals surface area contributed by atoms with E-state index in [1.807, 2.05) is 11.8 Å². The molecule has 0 saturated carbocycles. The van der Waals surface area contributed by atoms with Gasteiger partial charge in [-0.1, -0.05) is 6.92 Å². The Hall–Kier alpha value is -1.44. The minimum atomic E-state index is -0.732. The van der Waals surface area contributed by atoms with Crippen molar-refractivity contribution in [2.75, 3.05) is 23.4 Å². The zero-order valence-corrected chi connectivity index (χ0v) is 9.67. The molecule has 1 fully saturated rings. The van der Waals surface area contributed by atoms with E-state index in [4.69, 9.17) is 5.84 Å². The summed E-state index contributed by atoms with van der Waals surface area (Å²) < 4.78 is 0. The Morgan fingerprint density at radius 2 is 2.06 bits per heavy atom. The first-order valence-electron chi connectivity index (χ1n) is 5.59. The molecule has 94 valence electrons. The first kappa shape index (κ1) is 12.0. The summed E-state index contributed by atoms with van der Waals surface area (Å²) in [5.74, 6) is 7.21. The fraction of sp³-hybridized carbons (Fsp3) is 0.600. The lowest BCUT2D eigenvalue weighted by molar-refractivity contribution is 0.0572. The highest BCUT2D eigenvalue weighted by Gasteiger charge is 2.30. The summed E-state index contributed by atoms with van der Waals surface area (Å²) in [4.78, 5) is 10.3. The maximum atomic E-state index is 9.51. The number of aryl methyl sites for hydroxylation is 1. The number of aromatic nitrogens is 2. The van der Waals surface area contributed by atoms with E-state index >= 15 is 0 Å². The van der Waals surface area contributed by atoms with E-state index < -0.39 is 12.2 Å². The van der Waals surface area contributed by atoms with Gasteiger partial charge in [-0.2, -0.15) is 0 Å². The van der Waals surface area contributed by atoms with Crippen molar-refractivity contribution < 1.29 is 10.2 Å². The number of anilines is 2. The predicted octanol–water partition coefficient (Wildman–Crippen LogP) is -1.13. The molecule has 1 aromatic rings. The van der Waals surface area contributed by atoms with E-state index in [9.17, 15) is 10.2 Å². The monoisotopic (exact) mass is 239 g/mol. The van der Waals surface area contributed by atoms with Crippen LogP contribution in [-0.2, 0) is 6.42 Å². The van der Waals surface area contributed by atoms with E-state index in [0.717, 1.165) is 0 Å². The number of hydrogen-bond acceptors (Lipinski definition) is 7. The fourth-order valence-corrected chi connectivity index (χ4v) is 1.83. The Morgan fingerprint density at radius 1 is 1.41 bits per heavy atom. The Balaban J connectivity index is 2.26. The Bertz CT molecular complexity index is 368. The van der Waals surface area contributed by atoms with Gasteiger partial charge in [-0.15, -0.1) is 0 Å². The lowest BCUT2D eigenvalue weighted by Crippen LogP contribution is -2.23. The lowest BCUT2D eigenvalue weighted by atomic mass is 10.3. The van der Waals surface area contributed by atoms with Crippen LogP contribution >= 0.6 is 0 Å². The summed E-state index contributed by atoms with van der Waals surface area (Å²) in [7, 11) is 0. The van der Waals surface area contributed by atoms with E-state index in [-0.39, 0.29) is 0 Å². The van der Waals surface area contributed by atoms with Gasteiger partial charge >= 0.3 is 0 Å². The highest BCUT2D eigenvalue weighted by atomic mass is 16.3. The van der Waals surface area contributed by atoms with Crippen molar-refractivity contribution in [2.24, 2.45) is 5.84 Å². The van der Waals surface area contributed by atoms with Gasteiger partial charge in [-0.25, -0.2) is 15.8 Å². The van der Waals surface area contributed by atoms with Crippen molar-refractivity contribution >= 4 is 11.6 Å². The Labute approximate surface area is 99.3 Å². The summed E-state index contributed by atoms with van der Waals surface area (Å²) in [6.45, 7) is 2.68. The van der Waals surface area contributed by atoms with Crippen molar-refractivity contribution in [2.45, 2.75) is 25.6 Å². The minimum Gasteiger partial charge on any atom is -0.389 e. The number of hydrogen-bond donors (Lipinski definition) is 4. The molecule has 2 heterocycles. The first-order chi connectivity index (χ1) is 8.13. The first-order valence-corrected chi connectivity index (χ1v) is 5.59. The molecule has 0 radical (unpaired) electrons. The molecule has 2 unspecified atom stereocenters. The summed E-state index contributed by atoms with van der Waals surface area (Å²) in [6.07, 6.45) is -0.768. The van der Waals surface area contributed by atoms with Crippen molar-refractivity contribution in [3.05, 3.63) is 11.9 Å². The molecule has 5 N–H and O–H groups in total. The van der Waals surface area contributed by atoms with Gasteiger partial charge in [0.05, 0.1) is 12.2 Å². The molecule has 7 heteroatoms. The molecule has 0 bridgehead atoms. The normalized spacial score (nSPS) is 24.1. The molecule has 1 aliphatic rings. The van der Waals surface area contributed by atoms with Crippen molar-refractivity contribution in [1.29, 1.82) is 0 Å². The van der Waals surface area contributed by atoms with Crippen LogP contribution in [0.5, 0.6) is 0 Å². The molecule has 1 aromatic heterocycles. The van der Waals surface area contributed by atoms with Crippen molar-refractivity contribution in [1.82, 2.24) is 9.97 Å². The second-order valence-corrected chi connectivity index (χ2v) is 4.07. The molecule has 7 nitrogen and oxygen atoms in total. The van der Waals surface area contributed by atoms with Crippen LogP contribution in [0.15, 0.2) is 6.07 Å². The van der Waals surface area contributed by atoms with Gasteiger partial charge in [0.15, 0.2) is 0 Å². The van der Waals surface area contributed by atoms with Gasteiger partial charge in [0.1, 0.15) is 17.5 Å². The summed E-state index contributed by atoms with van der Waals surface area (Å²) in [5, 5.41) is 19.0. The summed E-state index contributed by atoms with van der Waals surface area (Å²) in [5.41, 5.74) is 2.49. The van der Waals surface area contributed by atoms with Crippen LogP contribution in [0.3, 0.4) is 0 Å². The van der Waals surface area contributed by atoms with Gasteiger partial charge in [0.25, 0.3) is 0 Å². The molecular formula is C10H17N5O2. The predicted molar refractivity (Wildman–Crippen MR) is 63.4 cm³/mol. The van der Waals surface area contributed by atoms with Gasteiger partial charge in [0.2, 0.25) is 0 Å². The van der Waals surface area contributed by atoms with Crippen LogP contribution in [0.25, 0.3) is 0 Å². The summed E-state index contributed by atoms with van der Waals surface area (Å²) >= 11 is 0. The smallest absolute Gasteiger partial charge is 0.145 e. The fourth-order valence-electron chi connectivity index (χ4n) is 1.83. The molecule has 0 amide bonds. The van der Waals surface area contributed by atoms with Crippen molar-refractivity contribution in [3.63, 3.8) is 0 Å². The second-order valence-electron chi connectivity index (χ2n) is 4.07. The molecule has 2 atom stereocenters. The van der Waals surface area contributed by atoms with Crippen LogP contribution in [0.4, 0.5) is 11.6 Å². The van der Waals surface area contributed by atoms with E-state index in [1.54, 1.807) is 6.07 Å². The number of rotatable bonds is 3.